The predicted molar refractivity (Wildman–Crippen MR) is 149 cm³/mol. The fraction of sp³-hybridized carbons (Fsp3) is 0.483. The zero-order valence-corrected chi connectivity index (χ0v) is 22.6. The number of benzene rings is 1. The van der Waals surface area contributed by atoms with Crippen LogP contribution < -0.4 is 5.32 Å². The zero-order valence-electron chi connectivity index (χ0n) is 21.8. The monoisotopic (exact) mass is 523 g/mol. The lowest BCUT2D eigenvalue weighted by molar-refractivity contribution is -0.137. The molecule has 37 heavy (non-hydrogen) atoms. The average Bonchev–Trinajstić information content (AvgIpc) is 3.47. The van der Waals surface area contributed by atoms with Gasteiger partial charge in [0.1, 0.15) is 5.82 Å². The molecule has 2 aliphatic heterocycles. The maximum Gasteiger partial charge on any atom is 0.304 e. The Labute approximate surface area is 225 Å². The van der Waals surface area contributed by atoms with E-state index in [4.69, 9.17) is 4.98 Å². The summed E-state index contributed by atoms with van der Waals surface area (Å²) in [6, 6.07) is 14.7. The predicted octanol–water partition coefficient (Wildman–Crippen LogP) is 5.18. The van der Waals surface area contributed by atoms with Gasteiger partial charge in [0.2, 0.25) is 0 Å². The molecule has 0 amide bonds. The number of anilines is 1. The van der Waals surface area contributed by atoms with E-state index in [9.17, 15) is 9.90 Å². The fourth-order valence-electron chi connectivity index (χ4n) is 5.79. The summed E-state index contributed by atoms with van der Waals surface area (Å²) in [5.74, 6) is 0.902. The van der Waals surface area contributed by atoms with Crippen molar-refractivity contribution in [3.8, 4) is 5.69 Å². The summed E-state index contributed by atoms with van der Waals surface area (Å²) in [7, 11) is 0. The second-order valence-corrected chi connectivity index (χ2v) is 10.5. The third kappa shape index (κ3) is 6.70. The van der Waals surface area contributed by atoms with Crippen molar-refractivity contribution < 1.29 is 9.90 Å². The standard InChI is InChI=1S/C29H37N5O2.ClH/c1-20-15-21(2)34(32-20)27-7-3-5-24(16-27)25(17-28(35)36)19-33-14-12-22(18-33)8-10-26-11-9-23-6-4-13-30-29(23)31-26;/h3,5,7,9,11,15-16,22,25H,4,6,8,10,12-14,17-19H2,1-2H3,(H,30,31)(H,35,36);1H/t22-,25-;/m0./s1. The summed E-state index contributed by atoms with van der Waals surface area (Å²) < 4.78 is 1.94. The van der Waals surface area contributed by atoms with Gasteiger partial charge >= 0.3 is 5.97 Å². The Morgan fingerprint density at radius 2 is 2.08 bits per heavy atom. The number of carboxylic acid groups (broad SMARTS) is 1. The number of fused-ring (bicyclic) bond motifs is 1. The van der Waals surface area contributed by atoms with Gasteiger partial charge in [-0.15, -0.1) is 12.4 Å². The van der Waals surface area contributed by atoms with Crippen LogP contribution in [-0.4, -0.2) is 56.9 Å². The Kier molecular flexibility index (Phi) is 8.87. The zero-order chi connectivity index (χ0) is 25.1. The van der Waals surface area contributed by atoms with Gasteiger partial charge < -0.3 is 15.3 Å². The van der Waals surface area contributed by atoms with E-state index in [2.05, 4.69) is 45.6 Å². The number of likely N-dealkylation sites (tertiary alicyclic amines) is 1. The van der Waals surface area contributed by atoms with E-state index in [1.54, 1.807) is 0 Å². The lowest BCUT2D eigenvalue weighted by Crippen LogP contribution is -2.28. The quantitative estimate of drug-likeness (QED) is 0.402. The molecule has 1 fully saturated rings. The van der Waals surface area contributed by atoms with E-state index < -0.39 is 5.97 Å². The Hall–Kier alpha value is -2.90. The molecule has 3 aromatic rings. The number of nitrogens with zero attached hydrogens (tertiary/aromatic N) is 4. The molecule has 2 aliphatic rings. The molecule has 0 unspecified atom stereocenters. The molecule has 0 radical (unpaired) electrons. The summed E-state index contributed by atoms with van der Waals surface area (Å²) in [5, 5.41) is 17.7. The van der Waals surface area contributed by atoms with Crippen LogP contribution in [0.2, 0.25) is 0 Å². The molecule has 2 atom stereocenters. The maximum atomic E-state index is 11.7. The average molecular weight is 524 g/mol. The molecule has 7 nitrogen and oxygen atoms in total. The first-order valence-corrected chi connectivity index (χ1v) is 13.2. The van der Waals surface area contributed by atoms with E-state index in [-0.39, 0.29) is 24.7 Å². The lowest BCUT2D eigenvalue weighted by Gasteiger charge is -2.24. The second-order valence-electron chi connectivity index (χ2n) is 10.5. The minimum Gasteiger partial charge on any atom is -0.481 e. The number of carbonyl (C=O) groups is 1. The SMILES string of the molecule is Cc1cc(C)n(-c2cccc([C@@H](CC(=O)O)CN3CC[C@H](CCc4ccc5c(n4)NCCC5)C3)c2)n1.Cl. The Balaban J connectivity index is 0.00000320. The van der Waals surface area contributed by atoms with E-state index in [1.165, 1.54) is 17.7 Å². The maximum absolute atomic E-state index is 11.7. The van der Waals surface area contributed by atoms with Crippen molar-refractivity contribution >= 4 is 24.2 Å². The van der Waals surface area contributed by atoms with E-state index in [0.717, 1.165) is 80.3 Å². The van der Waals surface area contributed by atoms with Crippen LogP contribution in [-0.2, 0) is 17.6 Å². The van der Waals surface area contributed by atoms with Crippen LogP contribution >= 0.6 is 12.4 Å². The molecule has 198 valence electrons. The molecule has 0 saturated carbocycles. The number of pyridine rings is 1. The van der Waals surface area contributed by atoms with Gasteiger partial charge in [-0.25, -0.2) is 9.67 Å². The lowest BCUT2D eigenvalue weighted by atomic mass is 9.94. The largest absolute Gasteiger partial charge is 0.481 e. The Morgan fingerprint density at radius 3 is 2.86 bits per heavy atom. The summed E-state index contributed by atoms with van der Waals surface area (Å²) in [5.41, 5.74) is 6.61. The smallest absolute Gasteiger partial charge is 0.304 e. The van der Waals surface area contributed by atoms with Gasteiger partial charge in [0.15, 0.2) is 0 Å². The van der Waals surface area contributed by atoms with Crippen molar-refractivity contribution in [1.82, 2.24) is 19.7 Å². The molecular formula is C29H38ClN5O2. The molecule has 4 heterocycles. The van der Waals surface area contributed by atoms with Crippen LogP contribution in [0.3, 0.4) is 0 Å². The highest BCUT2D eigenvalue weighted by Crippen LogP contribution is 2.29. The first-order chi connectivity index (χ1) is 17.4. The van der Waals surface area contributed by atoms with Gasteiger partial charge in [0.05, 0.1) is 17.8 Å². The minimum atomic E-state index is -0.751. The number of aryl methyl sites for hydroxylation is 4. The van der Waals surface area contributed by atoms with Crippen molar-refractivity contribution in [2.24, 2.45) is 5.92 Å². The van der Waals surface area contributed by atoms with Crippen LogP contribution in [0.15, 0.2) is 42.5 Å². The van der Waals surface area contributed by atoms with Gasteiger partial charge in [-0.05, 0) is 93.8 Å². The van der Waals surface area contributed by atoms with Crippen LogP contribution in [0.1, 0.15) is 59.8 Å². The number of halogens is 1. The third-order valence-electron chi connectivity index (χ3n) is 7.63. The molecule has 0 aliphatic carbocycles. The highest BCUT2D eigenvalue weighted by Gasteiger charge is 2.27. The van der Waals surface area contributed by atoms with Gasteiger partial charge in [0, 0.05) is 36.9 Å². The number of aliphatic carboxylic acids is 1. The third-order valence-corrected chi connectivity index (χ3v) is 7.63. The van der Waals surface area contributed by atoms with Crippen LogP contribution in [0.4, 0.5) is 5.82 Å². The topological polar surface area (TPSA) is 83.3 Å². The van der Waals surface area contributed by atoms with Crippen LogP contribution in [0.5, 0.6) is 0 Å². The first kappa shape index (κ1) is 27.1. The summed E-state index contributed by atoms with van der Waals surface area (Å²) in [4.78, 5) is 19.1. The van der Waals surface area contributed by atoms with Gasteiger partial charge in [-0.3, -0.25) is 4.79 Å². The molecule has 0 spiro atoms. The molecular weight excluding hydrogens is 486 g/mol. The molecule has 2 aromatic heterocycles. The summed E-state index contributed by atoms with van der Waals surface area (Å²) in [6.45, 7) is 7.87. The summed E-state index contributed by atoms with van der Waals surface area (Å²) >= 11 is 0. The van der Waals surface area contributed by atoms with Crippen molar-refractivity contribution in [3.05, 3.63) is 70.7 Å². The summed E-state index contributed by atoms with van der Waals surface area (Å²) in [6.07, 6.45) is 5.72. The molecule has 8 heteroatoms. The number of hydrogen-bond donors (Lipinski definition) is 2. The van der Waals surface area contributed by atoms with Gasteiger partial charge in [-0.1, -0.05) is 18.2 Å². The van der Waals surface area contributed by atoms with Crippen LogP contribution in [0, 0.1) is 19.8 Å². The van der Waals surface area contributed by atoms with Crippen molar-refractivity contribution in [2.45, 2.75) is 58.3 Å². The molecule has 1 saturated heterocycles. The van der Waals surface area contributed by atoms with Gasteiger partial charge in [0.25, 0.3) is 0 Å². The van der Waals surface area contributed by atoms with Crippen molar-refractivity contribution in [2.75, 3.05) is 31.5 Å². The Morgan fingerprint density at radius 1 is 1.22 bits per heavy atom. The number of carboxylic acids is 1. The highest BCUT2D eigenvalue weighted by molar-refractivity contribution is 5.85. The molecule has 1 aromatic carbocycles. The molecule has 2 N–H and O–H groups in total. The molecule has 0 bridgehead atoms. The first-order valence-electron chi connectivity index (χ1n) is 13.2. The van der Waals surface area contributed by atoms with Gasteiger partial charge in [-0.2, -0.15) is 5.10 Å². The number of hydrogen-bond acceptors (Lipinski definition) is 5. The fourth-order valence-corrected chi connectivity index (χ4v) is 5.79. The normalized spacial score (nSPS) is 18.1. The van der Waals surface area contributed by atoms with Crippen molar-refractivity contribution in [3.63, 3.8) is 0 Å². The van der Waals surface area contributed by atoms with E-state index in [0.29, 0.717) is 5.92 Å². The Bertz CT molecular complexity index is 1230. The number of nitrogens with one attached hydrogen (secondary N) is 1. The second kappa shape index (κ2) is 12.1. The number of rotatable bonds is 9. The van der Waals surface area contributed by atoms with Crippen molar-refractivity contribution in [1.29, 1.82) is 0 Å². The minimum absolute atomic E-state index is 0. The van der Waals surface area contributed by atoms with E-state index in [1.807, 2.05) is 30.7 Å². The van der Waals surface area contributed by atoms with Crippen LogP contribution in [0.25, 0.3) is 5.69 Å². The van der Waals surface area contributed by atoms with E-state index >= 15 is 0 Å². The number of aromatic nitrogens is 3. The molecule has 5 rings (SSSR count). The highest BCUT2D eigenvalue weighted by atomic mass is 35.5.